The molecule has 0 saturated heterocycles. The van der Waals surface area contributed by atoms with Crippen molar-refractivity contribution in [3.05, 3.63) is 16.1 Å². The minimum absolute atomic E-state index is 0.00171. The smallest absolute Gasteiger partial charge is 0.0925 e. The second kappa shape index (κ2) is 6.33. The molecule has 0 radical (unpaired) electrons. The molecule has 1 aromatic heterocycles. The Kier molecular flexibility index (Phi) is 5.38. The van der Waals surface area contributed by atoms with E-state index in [4.69, 9.17) is 0 Å². The SMILES string of the molecule is CCc1ncc(CNCC(C)(CC)CO)s1. The van der Waals surface area contributed by atoms with Crippen LogP contribution in [0.1, 0.15) is 37.1 Å². The molecule has 1 unspecified atom stereocenters. The second-order valence-electron chi connectivity index (χ2n) is 4.50. The molecular weight excluding hydrogens is 220 g/mol. The molecule has 1 atom stereocenters. The molecular formula is C12H22N2OS. The van der Waals surface area contributed by atoms with Crippen molar-refractivity contribution in [1.29, 1.82) is 0 Å². The van der Waals surface area contributed by atoms with Crippen LogP contribution in [0.4, 0.5) is 0 Å². The van der Waals surface area contributed by atoms with Gasteiger partial charge in [0.25, 0.3) is 0 Å². The third kappa shape index (κ3) is 3.85. The highest BCUT2D eigenvalue weighted by Gasteiger charge is 2.20. The number of aryl methyl sites for hydroxylation is 1. The molecule has 1 rings (SSSR count). The maximum absolute atomic E-state index is 9.27. The van der Waals surface area contributed by atoms with Gasteiger partial charge >= 0.3 is 0 Å². The maximum atomic E-state index is 9.27. The first-order valence-corrected chi connectivity index (χ1v) is 6.70. The molecule has 0 aliphatic heterocycles. The summed E-state index contributed by atoms with van der Waals surface area (Å²) in [6.45, 7) is 8.27. The zero-order valence-electron chi connectivity index (χ0n) is 10.4. The fraction of sp³-hybridized carbons (Fsp3) is 0.750. The summed E-state index contributed by atoms with van der Waals surface area (Å²) in [5, 5.41) is 13.9. The fourth-order valence-electron chi connectivity index (χ4n) is 1.37. The minimum Gasteiger partial charge on any atom is -0.396 e. The lowest BCUT2D eigenvalue weighted by atomic mass is 9.89. The highest BCUT2D eigenvalue weighted by molar-refractivity contribution is 7.11. The van der Waals surface area contributed by atoms with Gasteiger partial charge in [0.2, 0.25) is 0 Å². The summed E-state index contributed by atoms with van der Waals surface area (Å²) in [5.74, 6) is 0. The van der Waals surface area contributed by atoms with E-state index in [-0.39, 0.29) is 12.0 Å². The molecule has 0 saturated carbocycles. The number of aliphatic hydroxyl groups excluding tert-OH is 1. The lowest BCUT2D eigenvalue weighted by molar-refractivity contribution is 0.135. The summed E-state index contributed by atoms with van der Waals surface area (Å²) < 4.78 is 0. The van der Waals surface area contributed by atoms with Gasteiger partial charge in [-0.05, 0) is 12.8 Å². The van der Waals surface area contributed by atoms with Crippen LogP contribution in [-0.2, 0) is 13.0 Å². The molecule has 16 heavy (non-hydrogen) atoms. The van der Waals surface area contributed by atoms with Gasteiger partial charge in [-0.2, -0.15) is 0 Å². The monoisotopic (exact) mass is 242 g/mol. The topological polar surface area (TPSA) is 45.2 Å². The van der Waals surface area contributed by atoms with Gasteiger partial charge in [-0.3, -0.25) is 0 Å². The lowest BCUT2D eigenvalue weighted by Crippen LogP contribution is -2.33. The quantitative estimate of drug-likeness (QED) is 0.770. The summed E-state index contributed by atoms with van der Waals surface area (Å²) in [4.78, 5) is 5.59. The highest BCUT2D eigenvalue weighted by Crippen LogP contribution is 2.19. The van der Waals surface area contributed by atoms with Crippen LogP contribution in [-0.4, -0.2) is 23.2 Å². The lowest BCUT2D eigenvalue weighted by Gasteiger charge is -2.25. The molecule has 0 fully saturated rings. The van der Waals surface area contributed by atoms with Gasteiger partial charge in [-0.15, -0.1) is 11.3 Å². The van der Waals surface area contributed by atoms with E-state index in [9.17, 15) is 5.11 Å². The number of thiazole rings is 1. The van der Waals surface area contributed by atoms with Crippen LogP contribution in [0.5, 0.6) is 0 Å². The third-order valence-electron chi connectivity index (χ3n) is 2.99. The van der Waals surface area contributed by atoms with Crippen LogP contribution in [0.25, 0.3) is 0 Å². The van der Waals surface area contributed by atoms with E-state index in [2.05, 4.69) is 31.1 Å². The number of hydrogen-bond acceptors (Lipinski definition) is 4. The molecule has 0 aromatic carbocycles. The van der Waals surface area contributed by atoms with Gasteiger partial charge in [0.1, 0.15) is 0 Å². The van der Waals surface area contributed by atoms with E-state index >= 15 is 0 Å². The normalized spacial score (nSPS) is 15.0. The summed E-state index contributed by atoms with van der Waals surface area (Å²) >= 11 is 1.76. The second-order valence-corrected chi connectivity index (χ2v) is 5.70. The highest BCUT2D eigenvalue weighted by atomic mass is 32.1. The van der Waals surface area contributed by atoms with E-state index in [0.717, 1.165) is 25.9 Å². The molecule has 0 spiro atoms. The first-order valence-electron chi connectivity index (χ1n) is 5.88. The van der Waals surface area contributed by atoms with Gasteiger partial charge in [-0.1, -0.05) is 20.8 Å². The number of hydrogen-bond donors (Lipinski definition) is 2. The number of nitrogens with one attached hydrogen (secondary N) is 1. The van der Waals surface area contributed by atoms with E-state index in [0.29, 0.717) is 0 Å². The molecule has 3 nitrogen and oxygen atoms in total. The number of aliphatic hydroxyl groups is 1. The first kappa shape index (κ1) is 13.6. The zero-order chi connectivity index (χ0) is 12.0. The van der Waals surface area contributed by atoms with Crippen LogP contribution in [0.15, 0.2) is 6.20 Å². The van der Waals surface area contributed by atoms with E-state index in [1.54, 1.807) is 11.3 Å². The van der Waals surface area contributed by atoms with Gasteiger partial charge in [-0.25, -0.2) is 4.98 Å². The summed E-state index contributed by atoms with van der Waals surface area (Å²) in [5.41, 5.74) is -0.00171. The van der Waals surface area contributed by atoms with E-state index in [1.807, 2.05) is 6.20 Å². The molecule has 4 heteroatoms. The average Bonchev–Trinajstić information content (AvgIpc) is 2.77. The van der Waals surface area contributed by atoms with Gasteiger partial charge in [0.15, 0.2) is 0 Å². The fourth-order valence-corrected chi connectivity index (χ4v) is 2.21. The number of rotatable bonds is 7. The predicted octanol–water partition coefficient (Wildman–Crippen LogP) is 2.20. The van der Waals surface area contributed by atoms with Crippen molar-refractivity contribution in [2.24, 2.45) is 5.41 Å². The maximum Gasteiger partial charge on any atom is 0.0925 e. The average molecular weight is 242 g/mol. The van der Waals surface area contributed by atoms with Crippen molar-refractivity contribution < 1.29 is 5.11 Å². The Balaban J connectivity index is 2.35. The first-order chi connectivity index (χ1) is 7.63. The summed E-state index contributed by atoms with van der Waals surface area (Å²) in [7, 11) is 0. The zero-order valence-corrected chi connectivity index (χ0v) is 11.2. The Bertz CT molecular complexity index is 308. The molecule has 0 aliphatic carbocycles. The Labute approximate surface area is 102 Å². The van der Waals surface area contributed by atoms with Crippen LogP contribution in [0, 0.1) is 5.41 Å². The predicted molar refractivity (Wildman–Crippen MR) is 68.7 cm³/mol. The van der Waals surface area contributed by atoms with Crippen molar-refractivity contribution in [1.82, 2.24) is 10.3 Å². The summed E-state index contributed by atoms with van der Waals surface area (Å²) in [6.07, 6.45) is 3.94. The van der Waals surface area contributed by atoms with Crippen molar-refractivity contribution in [3.63, 3.8) is 0 Å². The molecule has 1 aromatic rings. The Morgan fingerprint density at radius 2 is 2.25 bits per heavy atom. The van der Waals surface area contributed by atoms with Gasteiger partial charge < -0.3 is 10.4 Å². The van der Waals surface area contributed by atoms with Gasteiger partial charge in [0, 0.05) is 36.2 Å². The van der Waals surface area contributed by atoms with Gasteiger partial charge in [0.05, 0.1) is 5.01 Å². The third-order valence-corrected chi connectivity index (χ3v) is 4.13. The number of aromatic nitrogens is 1. The van der Waals surface area contributed by atoms with Crippen LogP contribution < -0.4 is 5.32 Å². The Hall–Kier alpha value is -0.450. The molecule has 0 bridgehead atoms. The minimum atomic E-state index is -0.00171. The molecule has 92 valence electrons. The van der Waals surface area contributed by atoms with Crippen molar-refractivity contribution in [3.8, 4) is 0 Å². The summed E-state index contributed by atoms with van der Waals surface area (Å²) in [6, 6.07) is 0. The number of nitrogens with zero attached hydrogens (tertiary/aromatic N) is 1. The molecule has 0 amide bonds. The largest absolute Gasteiger partial charge is 0.396 e. The van der Waals surface area contributed by atoms with E-state index < -0.39 is 0 Å². The van der Waals surface area contributed by atoms with Crippen LogP contribution >= 0.6 is 11.3 Å². The van der Waals surface area contributed by atoms with E-state index in [1.165, 1.54) is 9.88 Å². The standard InChI is InChI=1S/C12H22N2OS/c1-4-11-14-7-10(16-11)6-13-8-12(3,5-2)9-15/h7,13,15H,4-6,8-9H2,1-3H3. The Morgan fingerprint density at radius 3 is 2.75 bits per heavy atom. The Morgan fingerprint density at radius 1 is 1.50 bits per heavy atom. The molecule has 0 aliphatic rings. The van der Waals surface area contributed by atoms with Crippen LogP contribution in [0.2, 0.25) is 0 Å². The molecule has 1 heterocycles. The van der Waals surface area contributed by atoms with Crippen molar-refractivity contribution in [2.45, 2.75) is 40.2 Å². The molecule has 2 N–H and O–H groups in total. The van der Waals surface area contributed by atoms with Crippen molar-refractivity contribution in [2.75, 3.05) is 13.2 Å². The van der Waals surface area contributed by atoms with Crippen LogP contribution in [0.3, 0.4) is 0 Å². The van der Waals surface area contributed by atoms with Crippen molar-refractivity contribution >= 4 is 11.3 Å².